The van der Waals surface area contributed by atoms with Gasteiger partial charge >= 0.3 is 6.61 Å². The zero-order valence-electron chi connectivity index (χ0n) is 11.7. The number of hydrogen-bond donors (Lipinski definition) is 1. The van der Waals surface area contributed by atoms with Crippen molar-refractivity contribution in [2.24, 2.45) is 0 Å². The number of nitrogens with one attached hydrogen (secondary N) is 1. The molecule has 2 rings (SSSR count). The van der Waals surface area contributed by atoms with Crippen LogP contribution in [0.3, 0.4) is 0 Å². The Kier molecular flexibility index (Phi) is 4.95. The molecule has 20 heavy (non-hydrogen) atoms. The number of alkyl halides is 2. The van der Waals surface area contributed by atoms with Gasteiger partial charge in [-0.05, 0) is 37.5 Å². The fourth-order valence-corrected chi connectivity index (χ4v) is 1.90. The standard InChI is InChI=1S/C15H19F2NO2/c1-10(9-18-12-4-5-12)7-11-3-6-13(20-15(16)17)14(8-11)19-2/h3,6-8,12,15,18H,4-5,9H2,1-2H3. The minimum absolute atomic E-state index is 0.0495. The van der Waals surface area contributed by atoms with Crippen LogP contribution in [0.15, 0.2) is 23.8 Å². The van der Waals surface area contributed by atoms with Crippen LogP contribution in [0.4, 0.5) is 8.78 Å². The first-order valence-corrected chi connectivity index (χ1v) is 6.62. The molecule has 1 aliphatic rings. The van der Waals surface area contributed by atoms with Crippen LogP contribution >= 0.6 is 0 Å². The van der Waals surface area contributed by atoms with E-state index >= 15 is 0 Å². The molecule has 5 heteroatoms. The maximum atomic E-state index is 12.2. The quantitative estimate of drug-likeness (QED) is 0.831. The fourth-order valence-electron chi connectivity index (χ4n) is 1.90. The average molecular weight is 283 g/mol. The number of rotatable bonds is 7. The van der Waals surface area contributed by atoms with Gasteiger partial charge in [0.25, 0.3) is 0 Å². The third-order valence-corrected chi connectivity index (χ3v) is 3.06. The van der Waals surface area contributed by atoms with Crippen molar-refractivity contribution in [3.05, 3.63) is 29.3 Å². The van der Waals surface area contributed by atoms with Gasteiger partial charge in [0.1, 0.15) is 0 Å². The third kappa shape index (κ3) is 4.49. The molecule has 3 nitrogen and oxygen atoms in total. The lowest BCUT2D eigenvalue weighted by atomic mass is 10.1. The van der Waals surface area contributed by atoms with E-state index in [0.29, 0.717) is 11.8 Å². The minimum Gasteiger partial charge on any atom is -0.493 e. The van der Waals surface area contributed by atoms with Crippen molar-refractivity contribution in [2.75, 3.05) is 13.7 Å². The van der Waals surface area contributed by atoms with Crippen LogP contribution in [0.25, 0.3) is 6.08 Å². The molecule has 0 radical (unpaired) electrons. The molecule has 0 saturated heterocycles. The number of hydrogen-bond acceptors (Lipinski definition) is 3. The van der Waals surface area contributed by atoms with Crippen LogP contribution in [-0.2, 0) is 0 Å². The molecule has 0 bridgehead atoms. The summed E-state index contributed by atoms with van der Waals surface area (Å²) < 4.78 is 33.9. The van der Waals surface area contributed by atoms with Crippen molar-refractivity contribution in [2.45, 2.75) is 32.4 Å². The first kappa shape index (κ1) is 14.8. The van der Waals surface area contributed by atoms with E-state index in [1.54, 1.807) is 12.1 Å². The number of halogens is 2. The molecule has 1 fully saturated rings. The largest absolute Gasteiger partial charge is 0.493 e. The van der Waals surface area contributed by atoms with Crippen molar-refractivity contribution in [1.82, 2.24) is 5.32 Å². The van der Waals surface area contributed by atoms with Crippen LogP contribution in [0.2, 0.25) is 0 Å². The highest BCUT2D eigenvalue weighted by atomic mass is 19.3. The Hall–Kier alpha value is -1.62. The number of ether oxygens (including phenoxy) is 2. The highest BCUT2D eigenvalue weighted by Gasteiger charge is 2.19. The lowest BCUT2D eigenvalue weighted by Crippen LogP contribution is -2.18. The molecule has 0 aliphatic heterocycles. The Labute approximate surface area is 117 Å². The van der Waals surface area contributed by atoms with Crippen molar-refractivity contribution in [3.8, 4) is 11.5 Å². The van der Waals surface area contributed by atoms with E-state index in [1.807, 2.05) is 13.0 Å². The van der Waals surface area contributed by atoms with Gasteiger partial charge in [-0.25, -0.2) is 0 Å². The zero-order chi connectivity index (χ0) is 14.5. The Morgan fingerprint density at radius 1 is 1.40 bits per heavy atom. The summed E-state index contributed by atoms with van der Waals surface area (Å²) in [5.74, 6) is 0.357. The summed E-state index contributed by atoms with van der Waals surface area (Å²) in [7, 11) is 1.43. The molecular weight excluding hydrogens is 264 g/mol. The average Bonchev–Trinajstić information content (AvgIpc) is 3.21. The van der Waals surface area contributed by atoms with Gasteiger partial charge in [-0.2, -0.15) is 8.78 Å². The maximum absolute atomic E-state index is 12.2. The minimum atomic E-state index is -2.85. The van der Waals surface area contributed by atoms with Gasteiger partial charge in [0.2, 0.25) is 0 Å². The predicted molar refractivity (Wildman–Crippen MR) is 74.3 cm³/mol. The van der Waals surface area contributed by atoms with Gasteiger partial charge < -0.3 is 14.8 Å². The summed E-state index contributed by atoms with van der Waals surface area (Å²) in [4.78, 5) is 0. The van der Waals surface area contributed by atoms with Crippen molar-refractivity contribution in [3.63, 3.8) is 0 Å². The van der Waals surface area contributed by atoms with Crippen molar-refractivity contribution >= 4 is 6.08 Å². The molecule has 1 aromatic rings. The second kappa shape index (κ2) is 6.70. The first-order valence-electron chi connectivity index (χ1n) is 6.62. The van der Waals surface area contributed by atoms with Gasteiger partial charge in [-0.1, -0.05) is 17.7 Å². The molecule has 0 unspecified atom stereocenters. The van der Waals surface area contributed by atoms with E-state index in [0.717, 1.165) is 12.1 Å². The summed E-state index contributed by atoms with van der Waals surface area (Å²) in [6.07, 6.45) is 4.51. The van der Waals surface area contributed by atoms with Crippen LogP contribution in [-0.4, -0.2) is 26.3 Å². The van der Waals surface area contributed by atoms with E-state index in [4.69, 9.17) is 4.74 Å². The van der Waals surface area contributed by atoms with E-state index in [1.165, 1.54) is 31.6 Å². The van der Waals surface area contributed by atoms with E-state index in [-0.39, 0.29) is 5.75 Å². The Morgan fingerprint density at radius 3 is 2.75 bits per heavy atom. The topological polar surface area (TPSA) is 30.5 Å². The Morgan fingerprint density at radius 2 is 2.15 bits per heavy atom. The third-order valence-electron chi connectivity index (χ3n) is 3.06. The second-order valence-corrected chi connectivity index (χ2v) is 4.93. The van der Waals surface area contributed by atoms with Gasteiger partial charge in [-0.15, -0.1) is 0 Å². The van der Waals surface area contributed by atoms with Crippen LogP contribution in [0.1, 0.15) is 25.3 Å². The lowest BCUT2D eigenvalue weighted by Gasteiger charge is -2.10. The van der Waals surface area contributed by atoms with Gasteiger partial charge in [0, 0.05) is 12.6 Å². The SMILES string of the molecule is COc1cc(C=C(C)CNC2CC2)ccc1OC(F)F. The lowest BCUT2D eigenvalue weighted by molar-refractivity contribution is -0.0512. The Bertz CT molecular complexity index is 485. The van der Waals surface area contributed by atoms with Crippen LogP contribution < -0.4 is 14.8 Å². The monoisotopic (exact) mass is 283 g/mol. The fraction of sp³-hybridized carbons (Fsp3) is 0.467. The highest BCUT2D eigenvalue weighted by molar-refractivity contribution is 5.58. The molecule has 110 valence electrons. The summed E-state index contributed by atoms with van der Waals surface area (Å²) in [5, 5.41) is 3.42. The zero-order valence-corrected chi connectivity index (χ0v) is 11.7. The van der Waals surface area contributed by atoms with E-state index in [9.17, 15) is 8.78 Å². The summed E-state index contributed by atoms with van der Waals surface area (Å²) >= 11 is 0. The molecule has 1 N–H and O–H groups in total. The van der Waals surface area contributed by atoms with E-state index < -0.39 is 6.61 Å². The normalized spacial score (nSPS) is 15.6. The van der Waals surface area contributed by atoms with Crippen molar-refractivity contribution in [1.29, 1.82) is 0 Å². The first-order chi connectivity index (χ1) is 9.58. The molecule has 1 aromatic carbocycles. The molecule has 0 heterocycles. The molecule has 1 aliphatic carbocycles. The molecule has 1 saturated carbocycles. The second-order valence-electron chi connectivity index (χ2n) is 4.93. The number of benzene rings is 1. The van der Waals surface area contributed by atoms with E-state index in [2.05, 4.69) is 10.1 Å². The number of methoxy groups -OCH3 is 1. The van der Waals surface area contributed by atoms with Gasteiger partial charge in [0.05, 0.1) is 7.11 Å². The highest BCUT2D eigenvalue weighted by Crippen LogP contribution is 2.30. The Balaban J connectivity index is 2.05. The van der Waals surface area contributed by atoms with Crippen LogP contribution in [0, 0.1) is 0 Å². The predicted octanol–water partition coefficient (Wildman–Crippen LogP) is 3.45. The molecule has 0 spiro atoms. The van der Waals surface area contributed by atoms with Crippen LogP contribution in [0.5, 0.6) is 11.5 Å². The maximum Gasteiger partial charge on any atom is 0.387 e. The molecular formula is C15H19F2NO2. The van der Waals surface area contributed by atoms with Gasteiger partial charge in [0.15, 0.2) is 11.5 Å². The van der Waals surface area contributed by atoms with Crippen molar-refractivity contribution < 1.29 is 18.3 Å². The summed E-state index contributed by atoms with van der Waals surface area (Å²) in [6, 6.07) is 5.59. The molecule has 0 atom stereocenters. The molecule has 0 aromatic heterocycles. The smallest absolute Gasteiger partial charge is 0.387 e. The van der Waals surface area contributed by atoms with Gasteiger partial charge in [-0.3, -0.25) is 0 Å². The summed E-state index contributed by atoms with van der Waals surface area (Å²) in [5.41, 5.74) is 2.08. The summed E-state index contributed by atoms with van der Waals surface area (Å²) in [6.45, 7) is 0.0167. The molecule has 0 amide bonds.